The first-order valence-electron chi connectivity index (χ1n) is 7.28. The van der Waals surface area contributed by atoms with Crippen molar-refractivity contribution in [3.8, 4) is 5.75 Å². The number of rotatable bonds is 5. The highest BCUT2D eigenvalue weighted by atomic mass is 16.5. The number of hydrogen-bond acceptors (Lipinski definition) is 4. The average Bonchev–Trinajstić information content (AvgIpc) is 3.05. The van der Waals surface area contributed by atoms with E-state index in [1.807, 2.05) is 38.1 Å². The molecule has 1 unspecified atom stereocenters. The van der Waals surface area contributed by atoms with Crippen LogP contribution in [-0.4, -0.2) is 18.1 Å². The van der Waals surface area contributed by atoms with E-state index in [2.05, 4.69) is 5.32 Å². The van der Waals surface area contributed by atoms with Crippen LogP contribution < -0.4 is 15.8 Å². The summed E-state index contributed by atoms with van der Waals surface area (Å²) in [6.45, 7) is 4.40. The minimum absolute atomic E-state index is 0.111. The molecule has 0 spiro atoms. The molecular weight excluding hydrogens is 268 g/mol. The average molecular weight is 288 g/mol. The van der Waals surface area contributed by atoms with E-state index in [-0.39, 0.29) is 11.9 Å². The molecule has 1 heterocycles. The van der Waals surface area contributed by atoms with Gasteiger partial charge in [0.15, 0.2) is 11.3 Å². The summed E-state index contributed by atoms with van der Waals surface area (Å²) < 4.78 is 11.4. The Labute approximate surface area is 123 Å². The molecule has 1 aromatic heterocycles. The summed E-state index contributed by atoms with van der Waals surface area (Å²) in [5.41, 5.74) is 5.94. The molecule has 1 aromatic carbocycles. The topological polar surface area (TPSA) is 77.5 Å². The Hall–Kier alpha value is -2.01. The fraction of sp³-hybridized carbons (Fsp3) is 0.438. The van der Waals surface area contributed by atoms with Crippen molar-refractivity contribution in [3.63, 3.8) is 0 Å². The molecule has 0 radical (unpaired) electrons. The van der Waals surface area contributed by atoms with Crippen molar-refractivity contribution in [2.45, 2.75) is 38.3 Å². The summed E-state index contributed by atoms with van der Waals surface area (Å²) in [4.78, 5) is 12.0. The Morgan fingerprint density at radius 3 is 2.95 bits per heavy atom. The Kier molecular flexibility index (Phi) is 3.37. The largest absolute Gasteiger partial charge is 0.490 e. The van der Waals surface area contributed by atoms with Crippen molar-refractivity contribution in [2.75, 3.05) is 6.61 Å². The maximum absolute atomic E-state index is 12.0. The van der Waals surface area contributed by atoms with Crippen molar-refractivity contribution in [3.05, 3.63) is 30.0 Å². The number of carbonyl (C=O) groups excluding carboxylic acids is 1. The normalized spacial score (nSPS) is 17.5. The Morgan fingerprint density at radius 1 is 1.52 bits per heavy atom. The summed E-state index contributed by atoms with van der Waals surface area (Å²) in [7, 11) is 0. The summed E-state index contributed by atoms with van der Waals surface area (Å²) in [5.74, 6) is 1.31. The highest BCUT2D eigenvalue weighted by Gasteiger charge is 2.46. The molecule has 1 fully saturated rings. The van der Waals surface area contributed by atoms with Crippen LogP contribution >= 0.6 is 0 Å². The highest BCUT2D eigenvalue weighted by molar-refractivity contribution is 5.89. The van der Waals surface area contributed by atoms with E-state index in [1.165, 1.54) is 0 Å². The number of fused-ring (bicyclic) bond motifs is 1. The van der Waals surface area contributed by atoms with Crippen LogP contribution in [0.1, 0.15) is 38.5 Å². The predicted molar refractivity (Wildman–Crippen MR) is 80.1 cm³/mol. The number of furan rings is 1. The molecule has 0 bridgehead atoms. The molecule has 3 rings (SSSR count). The third kappa shape index (κ3) is 2.61. The van der Waals surface area contributed by atoms with E-state index in [0.29, 0.717) is 18.0 Å². The minimum atomic E-state index is -0.670. The standard InChI is InChI=1S/C16H20N2O3/c1-3-20-12-6-4-5-11-9-13(21-14(11)12)10(2)18-15(19)16(17)7-8-16/h4-6,9-10H,3,7-8,17H2,1-2H3,(H,18,19). The van der Waals surface area contributed by atoms with Crippen molar-refractivity contribution < 1.29 is 13.9 Å². The third-order valence-electron chi connectivity index (χ3n) is 3.84. The molecule has 1 aliphatic rings. The van der Waals surface area contributed by atoms with E-state index in [1.54, 1.807) is 0 Å². The van der Waals surface area contributed by atoms with Crippen molar-refractivity contribution in [2.24, 2.45) is 5.73 Å². The van der Waals surface area contributed by atoms with Crippen LogP contribution in [0.15, 0.2) is 28.7 Å². The summed E-state index contributed by atoms with van der Waals surface area (Å²) in [5, 5.41) is 3.88. The molecule has 1 aliphatic carbocycles. The molecule has 2 aromatic rings. The van der Waals surface area contributed by atoms with Gasteiger partial charge in [-0.1, -0.05) is 12.1 Å². The van der Waals surface area contributed by atoms with Gasteiger partial charge in [-0.3, -0.25) is 4.79 Å². The lowest BCUT2D eigenvalue weighted by atomic mass is 10.2. The monoisotopic (exact) mass is 288 g/mol. The van der Waals surface area contributed by atoms with Gasteiger partial charge in [-0.25, -0.2) is 0 Å². The zero-order chi connectivity index (χ0) is 15.0. The van der Waals surface area contributed by atoms with Crippen molar-refractivity contribution in [1.82, 2.24) is 5.32 Å². The molecular formula is C16H20N2O3. The second kappa shape index (κ2) is 5.07. The lowest BCUT2D eigenvalue weighted by Gasteiger charge is -2.14. The Balaban J connectivity index is 1.83. The number of para-hydroxylation sites is 1. The smallest absolute Gasteiger partial charge is 0.240 e. The number of ether oxygens (including phenoxy) is 1. The molecule has 5 nitrogen and oxygen atoms in total. The zero-order valence-electron chi connectivity index (χ0n) is 12.3. The van der Waals surface area contributed by atoms with Gasteiger partial charge in [0.25, 0.3) is 0 Å². The van der Waals surface area contributed by atoms with Gasteiger partial charge in [-0.2, -0.15) is 0 Å². The fourth-order valence-corrected chi connectivity index (χ4v) is 2.31. The zero-order valence-corrected chi connectivity index (χ0v) is 12.3. The van der Waals surface area contributed by atoms with Gasteiger partial charge in [0.05, 0.1) is 18.2 Å². The van der Waals surface area contributed by atoms with E-state index in [4.69, 9.17) is 14.9 Å². The molecule has 21 heavy (non-hydrogen) atoms. The van der Waals surface area contributed by atoms with Gasteiger partial charge in [0.2, 0.25) is 5.91 Å². The summed E-state index contributed by atoms with van der Waals surface area (Å²) >= 11 is 0. The van der Waals surface area contributed by atoms with Gasteiger partial charge in [-0.05, 0) is 38.8 Å². The van der Waals surface area contributed by atoms with Crippen molar-refractivity contribution in [1.29, 1.82) is 0 Å². The highest BCUT2D eigenvalue weighted by Crippen LogP contribution is 2.34. The number of amides is 1. The minimum Gasteiger partial charge on any atom is -0.490 e. The lowest BCUT2D eigenvalue weighted by Crippen LogP contribution is -2.43. The van der Waals surface area contributed by atoms with E-state index >= 15 is 0 Å². The van der Waals surface area contributed by atoms with Crippen LogP contribution in [-0.2, 0) is 4.79 Å². The van der Waals surface area contributed by atoms with Gasteiger partial charge < -0.3 is 20.2 Å². The molecule has 112 valence electrons. The van der Waals surface area contributed by atoms with Gasteiger partial charge in [-0.15, -0.1) is 0 Å². The summed E-state index contributed by atoms with van der Waals surface area (Å²) in [6.07, 6.45) is 1.50. The van der Waals surface area contributed by atoms with Crippen LogP contribution in [0.25, 0.3) is 11.0 Å². The molecule has 3 N–H and O–H groups in total. The maximum Gasteiger partial charge on any atom is 0.240 e. The first-order chi connectivity index (χ1) is 10.0. The van der Waals surface area contributed by atoms with Crippen LogP contribution in [0.3, 0.4) is 0 Å². The Bertz CT molecular complexity index is 673. The molecule has 0 saturated heterocycles. The molecule has 1 atom stereocenters. The fourth-order valence-electron chi connectivity index (χ4n) is 2.31. The van der Waals surface area contributed by atoms with Crippen LogP contribution in [0.2, 0.25) is 0 Å². The second-order valence-corrected chi connectivity index (χ2v) is 5.61. The number of nitrogens with one attached hydrogen (secondary N) is 1. The van der Waals surface area contributed by atoms with E-state index < -0.39 is 5.54 Å². The van der Waals surface area contributed by atoms with E-state index in [0.717, 1.165) is 24.0 Å². The van der Waals surface area contributed by atoms with Gasteiger partial charge >= 0.3 is 0 Å². The predicted octanol–water partition coefficient (Wildman–Crippen LogP) is 2.50. The number of nitrogens with two attached hydrogens (primary N) is 1. The molecule has 5 heteroatoms. The lowest BCUT2D eigenvalue weighted by molar-refractivity contribution is -0.124. The van der Waals surface area contributed by atoms with E-state index in [9.17, 15) is 4.79 Å². The third-order valence-corrected chi connectivity index (χ3v) is 3.84. The first kappa shape index (κ1) is 13.9. The SMILES string of the molecule is CCOc1cccc2cc(C(C)NC(=O)C3(N)CC3)oc12. The van der Waals surface area contributed by atoms with Gasteiger partial charge in [0, 0.05) is 5.39 Å². The van der Waals surface area contributed by atoms with Gasteiger partial charge in [0.1, 0.15) is 5.76 Å². The molecule has 1 saturated carbocycles. The first-order valence-corrected chi connectivity index (χ1v) is 7.28. The number of benzene rings is 1. The summed E-state index contributed by atoms with van der Waals surface area (Å²) in [6, 6.07) is 7.47. The maximum atomic E-state index is 12.0. The second-order valence-electron chi connectivity index (χ2n) is 5.61. The van der Waals surface area contributed by atoms with Crippen molar-refractivity contribution >= 4 is 16.9 Å². The van der Waals surface area contributed by atoms with Crippen LogP contribution in [0.4, 0.5) is 0 Å². The Morgan fingerprint density at radius 2 is 2.29 bits per heavy atom. The quantitative estimate of drug-likeness (QED) is 0.886. The number of hydrogen-bond donors (Lipinski definition) is 2. The van der Waals surface area contributed by atoms with Crippen LogP contribution in [0.5, 0.6) is 5.75 Å². The number of carbonyl (C=O) groups is 1. The molecule has 1 amide bonds. The van der Waals surface area contributed by atoms with Crippen LogP contribution in [0, 0.1) is 0 Å². The molecule has 0 aliphatic heterocycles.